The minimum atomic E-state index is -0.819. The molecule has 3 N–H and O–H groups in total. The summed E-state index contributed by atoms with van der Waals surface area (Å²) in [5, 5.41) is 14.6. The molecule has 0 heterocycles. The van der Waals surface area contributed by atoms with Gasteiger partial charge < -0.3 is 20.5 Å². The maximum atomic E-state index is 12.7. The number of carbonyl (C=O) groups excluding carboxylic acids is 2. The van der Waals surface area contributed by atoms with Gasteiger partial charge in [-0.25, -0.2) is 4.79 Å². The number of carboxylic acid groups (broad SMARTS) is 1. The second-order valence-corrected chi connectivity index (χ2v) is 9.53. The standard InChI is InChI=1S/C28H34N2O5/c31-26(29-16-8-7-15-27(32)33)17-19-9-1-6-14-25(19)30-28(34)35-18-24-22-12-4-2-10-20(22)21-11-3-5-13-23(21)24/h2-5,10-13,19,24-25H,1,6-9,14-18H2,(H,29,31)(H,30,34)(H,32,33). The fraction of sp³-hybridized carbons (Fsp3) is 0.464. The number of aliphatic carboxylic acids is 1. The molecule has 0 bridgehead atoms. The minimum Gasteiger partial charge on any atom is -0.481 e. The molecule has 2 aromatic rings. The van der Waals surface area contributed by atoms with Crippen LogP contribution in [0.2, 0.25) is 0 Å². The van der Waals surface area contributed by atoms with Crippen LogP contribution in [0.5, 0.6) is 0 Å². The molecule has 186 valence electrons. The number of rotatable bonds is 10. The molecule has 7 nitrogen and oxygen atoms in total. The number of carboxylic acids is 1. The van der Waals surface area contributed by atoms with Crippen LogP contribution < -0.4 is 10.6 Å². The fourth-order valence-electron chi connectivity index (χ4n) is 5.37. The molecule has 2 amide bonds. The fourth-order valence-corrected chi connectivity index (χ4v) is 5.37. The van der Waals surface area contributed by atoms with E-state index in [9.17, 15) is 14.4 Å². The number of carbonyl (C=O) groups is 3. The van der Waals surface area contributed by atoms with Crippen LogP contribution in [0.25, 0.3) is 11.1 Å². The van der Waals surface area contributed by atoms with Crippen molar-refractivity contribution in [2.45, 2.75) is 63.3 Å². The molecule has 2 unspecified atom stereocenters. The van der Waals surface area contributed by atoms with Gasteiger partial charge in [0.15, 0.2) is 0 Å². The molecule has 4 rings (SSSR count). The molecule has 1 fully saturated rings. The Balaban J connectivity index is 1.27. The Morgan fingerprint density at radius 1 is 0.914 bits per heavy atom. The molecule has 2 atom stereocenters. The number of hydrogen-bond donors (Lipinski definition) is 3. The molecule has 0 spiro atoms. The number of hydrogen-bond acceptors (Lipinski definition) is 4. The van der Waals surface area contributed by atoms with Gasteiger partial charge in [-0.2, -0.15) is 0 Å². The normalized spacial score (nSPS) is 18.9. The Labute approximate surface area is 206 Å². The van der Waals surface area contributed by atoms with Gasteiger partial charge in [0.25, 0.3) is 0 Å². The van der Waals surface area contributed by atoms with Crippen LogP contribution in [0.1, 0.15) is 68.4 Å². The first-order valence-corrected chi connectivity index (χ1v) is 12.6. The monoisotopic (exact) mass is 478 g/mol. The predicted molar refractivity (Wildman–Crippen MR) is 133 cm³/mol. The minimum absolute atomic E-state index is 0.0159. The van der Waals surface area contributed by atoms with Crippen molar-refractivity contribution in [1.82, 2.24) is 10.6 Å². The second kappa shape index (κ2) is 11.9. The summed E-state index contributed by atoms with van der Waals surface area (Å²) in [6.07, 6.45) is 5.01. The number of unbranched alkanes of at least 4 members (excludes halogenated alkanes) is 1. The number of ether oxygens (including phenoxy) is 1. The zero-order chi connectivity index (χ0) is 24.6. The number of amides is 2. The molecule has 0 radical (unpaired) electrons. The molecule has 0 aromatic heterocycles. The number of alkyl carbamates (subject to hydrolysis) is 1. The largest absolute Gasteiger partial charge is 0.481 e. The Morgan fingerprint density at radius 2 is 1.57 bits per heavy atom. The summed E-state index contributed by atoms with van der Waals surface area (Å²) in [5.41, 5.74) is 4.74. The third-order valence-corrected chi connectivity index (χ3v) is 7.14. The van der Waals surface area contributed by atoms with Crippen molar-refractivity contribution < 1.29 is 24.2 Å². The van der Waals surface area contributed by atoms with Gasteiger partial charge in [-0.05, 0) is 53.9 Å². The molecular formula is C28H34N2O5. The van der Waals surface area contributed by atoms with Crippen molar-refractivity contribution in [3.05, 3.63) is 59.7 Å². The Bertz CT molecular complexity index is 1010. The van der Waals surface area contributed by atoms with Gasteiger partial charge in [-0.1, -0.05) is 61.4 Å². The van der Waals surface area contributed by atoms with E-state index in [0.29, 0.717) is 25.8 Å². The lowest BCUT2D eigenvalue weighted by Gasteiger charge is -2.31. The van der Waals surface area contributed by atoms with Gasteiger partial charge >= 0.3 is 12.1 Å². The molecule has 0 aliphatic heterocycles. The quantitative estimate of drug-likeness (QED) is 0.424. The van der Waals surface area contributed by atoms with E-state index >= 15 is 0 Å². The zero-order valence-corrected chi connectivity index (χ0v) is 20.0. The number of fused-ring (bicyclic) bond motifs is 3. The van der Waals surface area contributed by atoms with E-state index in [4.69, 9.17) is 9.84 Å². The number of benzene rings is 2. The molecule has 2 aliphatic rings. The highest BCUT2D eigenvalue weighted by molar-refractivity contribution is 5.79. The van der Waals surface area contributed by atoms with E-state index in [0.717, 1.165) is 25.7 Å². The Hall–Kier alpha value is -3.35. The summed E-state index contributed by atoms with van der Waals surface area (Å²) in [7, 11) is 0. The average molecular weight is 479 g/mol. The van der Waals surface area contributed by atoms with Gasteiger partial charge in [0.1, 0.15) is 6.61 Å². The van der Waals surface area contributed by atoms with Crippen molar-refractivity contribution in [1.29, 1.82) is 0 Å². The van der Waals surface area contributed by atoms with Crippen molar-refractivity contribution >= 4 is 18.0 Å². The maximum absolute atomic E-state index is 12.7. The van der Waals surface area contributed by atoms with Crippen LogP contribution in [0, 0.1) is 5.92 Å². The predicted octanol–water partition coefficient (Wildman–Crippen LogP) is 4.85. The summed E-state index contributed by atoms with van der Waals surface area (Å²) in [4.78, 5) is 35.7. The lowest BCUT2D eigenvalue weighted by molar-refractivity contribution is -0.137. The van der Waals surface area contributed by atoms with Gasteiger partial charge in [0, 0.05) is 31.3 Å². The van der Waals surface area contributed by atoms with Gasteiger partial charge in [0.2, 0.25) is 5.91 Å². The third kappa shape index (κ3) is 6.41. The lowest BCUT2D eigenvalue weighted by atomic mass is 9.82. The van der Waals surface area contributed by atoms with Crippen LogP contribution in [0.4, 0.5) is 4.79 Å². The summed E-state index contributed by atoms with van der Waals surface area (Å²) in [6, 6.07) is 16.4. The highest BCUT2D eigenvalue weighted by atomic mass is 16.5. The highest BCUT2D eigenvalue weighted by Crippen LogP contribution is 2.44. The topological polar surface area (TPSA) is 105 Å². The zero-order valence-electron chi connectivity index (χ0n) is 20.0. The van der Waals surface area contributed by atoms with Crippen LogP contribution in [-0.2, 0) is 14.3 Å². The molecular weight excluding hydrogens is 444 g/mol. The molecule has 7 heteroatoms. The van der Waals surface area contributed by atoms with Crippen LogP contribution in [-0.4, -0.2) is 42.3 Å². The van der Waals surface area contributed by atoms with Crippen molar-refractivity contribution in [3.63, 3.8) is 0 Å². The van der Waals surface area contributed by atoms with E-state index in [1.165, 1.54) is 22.3 Å². The molecule has 0 saturated heterocycles. The van der Waals surface area contributed by atoms with Crippen LogP contribution in [0.3, 0.4) is 0 Å². The van der Waals surface area contributed by atoms with Crippen molar-refractivity contribution in [2.75, 3.05) is 13.2 Å². The summed E-state index contributed by atoms with van der Waals surface area (Å²) < 4.78 is 5.71. The Kier molecular flexibility index (Phi) is 8.40. The first-order valence-electron chi connectivity index (χ1n) is 12.6. The molecule has 2 aliphatic carbocycles. The van der Waals surface area contributed by atoms with Crippen LogP contribution in [0.15, 0.2) is 48.5 Å². The first kappa shape index (κ1) is 24.8. The molecule has 35 heavy (non-hydrogen) atoms. The van der Waals surface area contributed by atoms with Crippen molar-refractivity contribution in [2.24, 2.45) is 5.92 Å². The SMILES string of the molecule is O=C(O)CCCCNC(=O)CC1CCCCC1NC(=O)OCC1c2ccccc2-c2ccccc21. The lowest BCUT2D eigenvalue weighted by Crippen LogP contribution is -2.44. The highest BCUT2D eigenvalue weighted by Gasteiger charge is 2.31. The number of nitrogens with one attached hydrogen (secondary N) is 2. The third-order valence-electron chi connectivity index (χ3n) is 7.14. The maximum Gasteiger partial charge on any atom is 0.407 e. The summed E-state index contributed by atoms with van der Waals surface area (Å²) in [6.45, 7) is 0.747. The van der Waals surface area contributed by atoms with Gasteiger partial charge in [-0.3, -0.25) is 9.59 Å². The van der Waals surface area contributed by atoms with Crippen molar-refractivity contribution in [3.8, 4) is 11.1 Å². The van der Waals surface area contributed by atoms with Gasteiger partial charge in [-0.15, -0.1) is 0 Å². The van der Waals surface area contributed by atoms with Crippen LogP contribution >= 0.6 is 0 Å². The van der Waals surface area contributed by atoms with E-state index in [2.05, 4.69) is 34.9 Å². The second-order valence-electron chi connectivity index (χ2n) is 9.53. The smallest absolute Gasteiger partial charge is 0.407 e. The van der Waals surface area contributed by atoms with E-state index in [1.807, 2.05) is 24.3 Å². The molecule has 2 aromatic carbocycles. The van der Waals surface area contributed by atoms with E-state index in [-0.39, 0.29) is 36.8 Å². The van der Waals surface area contributed by atoms with E-state index in [1.54, 1.807) is 0 Å². The molecule has 1 saturated carbocycles. The Morgan fingerprint density at radius 3 is 2.26 bits per heavy atom. The first-order chi connectivity index (χ1) is 17.0. The summed E-state index contributed by atoms with van der Waals surface area (Å²) in [5.74, 6) is -0.780. The van der Waals surface area contributed by atoms with E-state index < -0.39 is 12.1 Å². The average Bonchev–Trinajstić information content (AvgIpc) is 3.17. The summed E-state index contributed by atoms with van der Waals surface area (Å²) >= 11 is 0. The van der Waals surface area contributed by atoms with Gasteiger partial charge in [0.05, 0.1) is 0 Å².